The molecule has 4 unspecified atom stereocenters. The molecule has 1 saturated heterocycles. The molecule has 112 valence electrons. The van der Waals surface area contributed by atoms with Crippen LogP contribution in [0.25, 0.3) is 0 Å². The molecule has 0 aromatic heterocycles. The van der Waals surface area contributed by atoms with E-state index in [-0.39, 0.29) is 0 Å². The topological polar surface area (TPSA) is 15.3 Å². The molecule has 4 atom stereocenters. The summed E-state index contributed by atoms with van der Waals surface area (Å²) in [6.45, 7) is 15.8. The lowest BCUT2D eigenvalue weighted by Crippen LogP contribution is -2.60. The Balaban J connectivity index is 2.11. The van der Waals surface area contributed by atoms with Gasteiger partial charge in [0.2, 0.25) is 0 Å². The molecule has 1 saturated carbocycles. The number of hydrogen-bond acceptors (Lipinski definition) is 2. The maximum Gasteiger partial charge on any atom is 0.0274 e. The molecule has 1 N–H and O–H groups in total. The van der Waals surface area contributed by atoms with Gasteiger partial charge < -0.3 is 5.32 Å². The highest BCUT2D eigenvalue weighted by atomic mass is 15.2. The lowest BCUT2D eigenvalue weighted by atomic mass is 9.69. The number of likely N-dealkylation sites (N-methyl/N-ethyl adjacent to an activating group) is 1. The summed E-state index contributed by atoms with van der Waals surface area (Å²) in [6, 6.07) is 1.43. The van der Waals surface area contributed by atoms with Gasteiger partial charge in [-0.15, -0.1) is 0 Å². The summed E-state index contributed by atoms with van der Waals surface area (Å²) in [5.74, 6) is 1.74. The molecule has 2 heteroatoms. The molecule has 2 aliphatic rings. The van der Waals surface area contributed by atoms with Crippen molar-refractivity contribution < 1.29 is 0 Å². The van der Waals surface area contributed by atoms with Crippen LogP contribution in [0.2, 0.25) is 0 Å². The lowest BCUT2D eigenvalue weighted by molar-refractivity contribution is 0.0131. The molecular weight excluding hydrogens is 232 g/mol. The smallest absolute Gasteiger partial charge is 0.0274 e. The third-order valence-corrected chi connectivity index (χ3v) is 5.34. The summed E-state index contributed by atoms with van der Waals surface area (Å²) in [5, 5.41) is 3.81. The maximum atomic E-state index is 3.81. The van der Waals surface area contributed by atoms with E-state index in [1.165, 1.54) is 38.8 Å². The summed E-state index contributed by atoms with van der Waals surface area (Å²) in [5.41, 5.74) is 0.447. The van der Waals surface area contributed by atoms with Crippen LogP contribution in [-0.4, -0.2) is 36.6 Å². The van der Waals surface area contributed by atoms with E-state index in [1.54, 1.807) is 0 Å². The Labute approximate surface area is 120 Å². The standard InChI is InChI=1S/C17H34N2/c1-6-18-16-15(8-7-9-17(16,4)5)19-11-13(2)10-14(3)12-19/h13-16,18H,6-12H2,1-5H3. The largest absolute Gasteiger partial charge is 0.312 e. The fourth-order valence-electron chi connectivity index (χ4n) is 4.62. The Morgan fingerprint density at radius 3 is 2.37 bits per heavy atom. The average molecular weight is 266 g/mol. The zero-order chi connectivity index (χ0) is 14.0. The van der Waals surface area contributed by atoms with Crippen LogP contribution in [0.15, 0.2) is 0 Å². The van der Waals surface area contributed by atoms with Gasteiger partial charge in [0.05, 0.1) is 0 Å². The molecule has 0 amide bonds. The quantitative estimate of drug-likeness (QED) is 0.841. The summed E-state index contributed by atoms with van der Waals surface area (Å²) in [7, 11) is 0. The Morgan fingerprint density at radius 1 is 1.16 bits per heavy atom. The van der Waals surface area contributed by atoms with E-state index in [2.05, 4.69) is 44.8 Å². The van der Waals surface area contributed by atoms with Crippen LogP contribution in [0, 0.1) is 17.3 Å². The molecule has 1 aliphatic carbocycles. The lowest BCUT2D eigenvalue weighted by Gasteiger charge is -2.51. The number of nitrogens with zero attached hydrogens (tertiary/aromatic N) is 1. The number of hydrogen-bond donors (Lipinski definition) is 1. The summed E-state index contributed by atoms with van der Waals surface area (Å²) >= 11 is 0. The van der Waals surface area contributed by atoms with E-state index in [0.29, 0.717) is 11.5 Å². The minimum absolute atomic E-state index is 0.447. The first-order valence-electron chi connectivity index (χ1n) is 8.41. The van der Waals surface area contributed by atoms with Gasteiger partial charge in [-0.25, -0.2) is 0 Å². The van der Waals surface area contributed by atoms with Crippen LogP contribution >= 0.6 is 0 Å². The van der Waals surface area contributed by atoms with Crippen molar-refractivity contribution in [2.24, 2.45) is 17.3 Å². The Bertz CT molecular complexity index is 277. The van der Waals surface area contributed by atoms with Gasteiger partial charge in [0.15, 0.2) is 0 Å². The fraction of sp³-hybridized carbons (Fsp3) is 1.00. The highest BCUT2D eigenvalue weighted by molar-refractivity contribution is 4.99. The number of rotatable bonds is 3. The second-order valence-corrected chi connectivity index (χ2v) is 7.88. The van der Waals surface area contributed by atoms with Crippen LogP contribution in [0.1, 0.15) is 60.3 Å². The summed E-state index contributed by atoms with van der Waals surface area (Å²) in [4.78, 5) is 2.81. The van der Waals surface area contributed by atoms with Crippen molar-refractivity contribution in [3.63, 3.8) is 0 Å². The van der Waals surface area contributed by atoms with E-state index in [9.17, 15) is 0 Å². The molecular formula is C17H34N2. The van der Waals surface area contributed by atoms with Crippen molar-refractivity contribution >= 4 is 0 Å². The van der Waals surface area contributed by atoms with Gasteiger partial charge in [-0.05, 0) is 43.1 Å². The first kappa shape index (κ1) is 15.3. The number of likely N-dealkylation sites (tertiary alicyclic amines) is 1. The van der Waals surface area contributed by atoms with Crippen molar-refractivity contribution in [3.8, 4) is 0 Å². The molecule has 1 aliphatic heterocycles. The van der Waals surface area contributed by atoms with Crippen LogP contribution < -0.4 is 5.32 Å². The molecule has 1 heterocycles. The third kappa shape index (κ3) is 3.52. The first-order chi connectivity index (χ1) is 8.94. The van der Waals surface area contributed by atoms with Gasteiger partial charge in [0, 0.05) is 25.2 Å². The highest BCUT2D eigenvalue weighted by Crippen LogP contribution is 2.39. The SMILES string of the molecule is CCNC1C(N2CC(C)CC(C)C2)CCCC1(C)C. The number of piperidine rings is 1. The van der Waals surface area contributed by atoms with E-state index in [1.807, 2.05) is 0 Å². The van der Waals surface area contributed by atoms with E-state index in [0.717, 1.165) is 24.4 Å². The Kier molecular flexibility index (Phi) is 4.94. The fourth-order valence-corrected chi connectivity index (χ4v) is 4.62. The predicted octanol–water partition coefficient (Wildman–Crippen LogP) is 3.52. The highest BCUT2D eigenvalue weighted by Gasteiger charge is 2.42. The monoisotopic (exact) mass is 266 g/mol. The maximum absolute atomic E-state index is 3.81. The molecule has 0 aromatic rings. The van der Waals surface area contributed by atoms with Gasteiger partial charge in [-0.1, -0.05) is 41.0 Å². The van der Waals surface area contributed by atoms with Gasteiger partial charge in [0.1, 0.15) is 0 Å². The zero-order valence-corrected chi connectivity index (χ0v) is 13.7. The molecule has 2 nitrogen and oxygen atoms in total. The second-order valence-electron chi connectivity index (χ2n) is 7.88. The Morgan fingerprint density at radius 2 is 1.79 bits per heavy atom. The van der Waals surface area contributed by atoms with Crippen molar-refractivity contribution in [2.75, 3.05) is 19.6 Å². The normalized spacial score (nSPS) is 40.3. The van der Waals surface area contributed by atoms with Crippen LogP contribution in [0.5, 0.6) is 0 Å². The van der Waals surface area contributed by atoms with E-state index in [4.69, 9.17) is 0 Å². The predicted molar refractivity (Wildman–Crippen MR) is 83.4 cm³/mol. The second kappa shape index (κ2) is 6.13. The van der Waals surface area contributed by atoms with Crippen molar-refractivity contribution in [2.45, 2.75) is 72.4 Å². The van der Waals surface area contributed by atoms with Gasteiger partial charge in [-0.2, -0.15) is 0 Å². The minimum atomic E-state index is 0.447. The van der Waals surface area contributed by atoms with Crippen LogP contribution in [-0.2, 0) is 0 Å². The Hall–Kier alpha value is -0.0800. The van der Waals surface area contributed by atoms with E-state index >= 15 is 0 Å². The number of nitrogens with one attached hydrogen (secondary N) is 1. The summed E-state index contributed by atoms with van der Waals surface area (Å²) < 4.78 is 0. The van der Waals surface area contributed by atoms with Crippen LogP contribution in [0.4, 0.5) is 0 Å². The minimum Gasteiger partial charge on any atom is -0.312 e. The van der Waals surface area contributed by atoms with Crippen molar-refractivity contribution in [1.82, 2.24) is 10.2 Å². The van der Waals surface area contributed by atoms with Gasteiger partial charge in [0.25, 0.3) is 0 Å². The van der Waals surface area contributed by atoms with Gasteiger partial charge >= 0.3 is 0 Å². The van der Waals surface area contributed by atoms with E-state index < -0.39 is 0 Å². The summed E-state index contributed by atoms with van der Waals surface area (Å²) in [6.07, 6.45) is 5.58. The molecule has 0 bridgehead atoms. The van der Waals surface area contributed by atoms with Crippen molar-refractivity contribution in [3.05, 3.63) is 0 Å². The molecule has 0 aromatic carbocycles. The molecule has 2 rings (SSSR count). The third-order valence-electron chi connectivity index (χ3n) is 5.34. The first-order valence-corrected chi connectivity index (χ1v) is 8.41. The molecule has 2 fully saturated rings. The van der Waals surface area contributed by atoms with Crippen LogP contribution in [0.3, 0.4) is 0 Å². The zero-order valence-electron chi connectivity index (χ0n) is 13.7. The average Bonchev–Trinajstić information content (AvgIpc) is 2.30. The molecule has 19 heavy (non-hydrogen) atoms. The molecule has 0 radical (unpaired) electrons. The molecule has 0 spiro atoms. The van der Waals surface area contributed by atoms with Gasteiger partial charge in [-0.3, -0.25) is 4.90 Å². The van der Waals surface area contributed by atoms with Crippen molar-refractivity contribution in [1.29, 1.82) is 0 Å².